The standard InChI is InChI=1S/C23H19BrN2O2/c24-22-10-9-15(11-25-22)16-12-26(13-16)23(27)28-14-21-19-7-3-1-5-17(19)18-6-2-4-8-20(18)21/h1-11,16,21H,12-14H2. The van der Waals surface area contributed by atoms with E-state index in [0.29, 0.717) is 25.6 Å². The largest absolute Gasteiger partial charge is 0.448 e. The van der Waals surface area contributed by atoms with Crippen LogP contribution >= 0.6 is 15.9 Å². The van der Waals surface area contributed by atoms with Crippen molar-refractivity contribution in [2.45, 2.75) is 11.8 Å². The van der Waals surface area contributed by atoms with Gasteiger partial charge in [0.05, 0.1) is 0 Å². The van der Waals surface area contributed by atoms with Crippen molar-refractivity contribution in [1.29, 1.82) is 0 Å². The maximum absolute atomic E-state index is 12.5. The minimum absolute atomic E-state index is 0.101. The smallest absolute Gasteiger partial charge is 0.409 e. The molecule has 1 aromatic heterocycles. The molecule has 0 saturated carbocycles. The second kappa shape index (κ2) is 7.06. The number of amides is 1. The summed E-state index contributed by atoms with van der Waals surface area (Å²) in [6.07, 6.45) is 1.63. The summed E-state index contributed by atoms with van der Waals surface area (Å²) < 4.78 is 6.53. The second-order valence-corrected chi connectivity index (χ2v) is 8.13. The van der Waals surface area contributed by atoms with Crippen LogP contribution in [0.1, 0.15) is 28.5 Å². The predicted octanol–water partition coefficient (Wildman–Crippen LogP) is 5.19. The fourth-order valence-electron chi connectivity index (χ4n) is 4.15. The lowest BCUT2D eigenvalue weighted by Crippen LogP contribution is -2.48. The van der Waals surface area contributed by atoms with Crippen LogP contribution in [0.2, 0.25) is 0 Å². The van der Waals surface area contributed by atoms with Gasteiger partial charge in [0.2, 0.25) is 0 Å². The molecule has 140 valence electrons. The fourth-order valence-corrected chi connectivity index (χ4v) is 4.39. The number of benzene rings is 2. The average Bonchev–Trinajstić information content (AvgIpc) is 3.01. The van der Waals surface area contributed by atoms with Crippen LogP contribution in [-0.4, -0.2) is 35.7 Å². The van der Waals surface area contributed by atoms with Crippen molar-refractivity contribution in [2.24, 2.45) is 0 Å². The molecule has 2 heterocycles. The van der Waals surface area contributed by atoms with Gasteiger partial charge in [-0.1, -0.05) is 54.6 Å². The Hall–Kier alpha value is -2.66. The van der Waals surface area contributed by atoms with E-state index in [0.717, 1.165) is 10.2 Å². The highest BCUT2D eigenvalue weighted by Crippen LogP contribution is 2.44. The molecule has 1 aliphatic carbocycles. The second-order valence-electron chi connectivity index (χ2n) is 7.32. The van der Waals surface area contributed by atoms with Crippen molar-refractivity contribution < 1.29 is 9.53 Å². The molecule has 0 unspecified atom stereocenters. The number of hydrogen-bond donors (Lipinski definition) is 0. The van der Waals surface area contributed by atoms with Crippen molar-refractivity contribution in [3.63, 3.8) is 0 Å². The molecule has 1 aliphatic heterocycles. The highest BCUT2D eigenvalue weighted by atomic mass is 79.9. The van der Waals surface area contributed by atoms with Gasteiger partial charge in [-0.25, -0.2) is 9.78 Å². The van der Waals surface area contributed by atoms with Crippen molar-refractivity contribution in [3.05, 3.63) is 88.2 Å². The SMILES string of the molecule is O=C(OCC1c2ccccc2-c2ccccc21)N1CC(c2ccc(Br)nc2)C1. The average molecular weight is 435 g/mol. The number of hydrogen-bond acceptors (Lipinski definition) is 3. The molecule has 0 radical (unpaired) electrons. The lowest BCUT2D eigenvalue weighted by Gasteiger charge is -2.38. The molecule has 28 heavy (non-hydrogen) atoms. The molecule has 5 rings (SSSR count). The Labute approximate surface area is 172 Å². The van der Waals surface area contributed by atoms with Crippen LogP contribution in [0.5, 0.6) is 0 Å². The summed E-state index contributed by atoms with van der Waals surface area (Å²) in [4.78, 5) is 18.5. The van der Waals surface area contributed by atoms with Gasteiger partial charge in [-0.15, -0.1) is 0 Å². The van der Waals surface area contributed by atoms with Crippen LogP contribution in [0.15, 0.2) is 71.5 Å². The number of ether oxygens (including phenoxy) is 1. The number of likely N-dealkylation sites (tertiary alicyclic amines) is 1. The van der Waals surface area contributed by atoms with Gasteiger partial charge in [0.15, 0.2) is 0 Å². The monoisotopic (exact) mass is 434 g/mol. The maximum atomic E-state index is 12.5. The molecule has 1 saturated heterocycles. The first-order valence-electron chi connectivity index (χ1n) is 9.42. The van der Waals surface area contributed by atoms with E-state index in [1.807, 2.05) is 24.4 Å². The van der Waals surface area contributed by atoms with E-state index in [4.69, 9.17) is 4.74 Å². The summed E-state index contributed by atoms with van der Waals surface area (Å²) in [7, 11) is 0. The number of rotatable bonds is 3. The summed E-state index contributed by atoms with van der Waals surface area (Å²) >= 11 is 3.35. The predicted molar refractivity (Wildman–Crippen MR) is 111 cm³/mol. The lowest BCUT2D eigenvalue weighted by atomic mass is 9.93. The highest BCUT2D eigenvalue weighted by Gasteiger charge is 2.34. The molecule has 2 aliphatic rings. The summed E-state index contributed by atoms with van der Waals surface area (Å²) in [6.45, 7) is 1.73. The van der Waals surface area contributed by atoms with Crippen LogP contribution in [-0.2, 0) is 4.74 Å². The molecule has 0 atom stereocenters. The quantitative estimate of drug-likeness (QED) is 0.532. The summed E-state index contributed by atoms with van der Waals surface area (Å²) in [5.41, 5.74) is 6.11. The van der Waals surface area contributed by atoms with Crippen LogP contribution in [0, 0.1) is 0 Å². The number of aromatic nitrogens is 1. The van der Waals surface area contributed by atoms with Crippen LogP contribution < -0.4 is 0 Å². The summed E-state index contributed by atoms with van der Waals surface area (Å²) in [6, 6.07) is 20.7. The zero-order valence-electron chi connectivity index (χ0n) is 15.2. The van der Waals surface area contributed by atoms with E-state index in [1.54, 1.807) is 4.90 Å². The van der Waals surface area contributed by atoms with Gasteiger partial charge >= 0.3 is 6.09 Å². The van der Waals surface area contributed by atoms with E-state index >= 15 is 0 Å². The Kier molecular flexibility index (Phi) is 4.40. The van der Waals surface area contributed by atoms with Crippen LogP contribution in [0.25, 0.3) is 11.1 Å². The zero-order chi connectivity index (χ0) is 19.1. The first-order chi connectivity index (χ1) is 13.7. The molecule has 1 fully saturated rings. The maximum Gasteiger partial charge on any atom is 0.409 e. The topological polar surface area (TPSA) is 42.4 Å². The Morgan fingerprint density at radius 3 is 2.25 bits per heavy atom. The summed E-state index contributed by atoms with van der Waals surface area (Å²) in [5.74, 6) is 0.435. The normalized spacial score (nSPS) is 15.7. The number of fused-ring (bicyclic) bond motifs is 3. The first kappa shape index (κ1) is 17.4. The Morgan fingerprint density at radius 2 is 1.64 bits per heavy atom. The summed E-state index contributed by atoms with van der Waals surface area (Å²) in [5, 5.41) is 0. The van der Waals surface area contributed by atoms with Gasteiger partial charge in [-0.2, -0.15) is 0 Å². The van der Waals surface area contributed by atoms with Crippen molar-refractivity contribution in [3.8, 4) is 11.1 Å². The Bertz CT molecular complexity index is 983. The number of pyridine rings is 1. The number of carbonyl (C=O) groups excluding carboxylic acids is 1. The van der Waals surface area contributed by atoms with E-state index in [2.05, 4.69) is 63.4 Å². The van der Waals surface area contributed by atoms with Gasteiger partial charge < -0.3 is 9.64 Å². The number of halogens is 1. The molecule has 0 N–H and O–H groups in total. The number of carbonyl (C=O) groups is 1. The molecular weight excluding hydrogens is 416 g/mol. The lowest BCUT2D eigenvalue weighted by molar-refractivity contribution is 0.0695. The Morgan fingerprint density at radius 1 is 1.00 bits per heavy atom. The van der Waals surface area contributed by atoms with Crippen molar-refractivity contribution in [1.82, 2.24) is 9.88 Å². The third-order valence-electron chi connectivity index (χ3n) is 5.70. The van der Waals surface area contributed by atoms with Gasteiger partial charge in [-0.3, -0.25) is 0 Å². The zero-order valence-corrected chi connectivity index (χ0v) is 16.8. The van der Waals surface area contributed by atoms with E-state index in [-0.39, 0.29) is 12.0 Å². The Balaban J connectivity index is 1.24. The molecule has 4 nitrogen and oxygen atoms in total. The van der Waals surface area contributed by atoms with Crippen LogP contribution in [0.4, 0.5) is 4.79 Å². The van der Waals surface area contributed by atoms with Gasteiger partial charge in [0.25, 0.3) is 0 Å². The van der Waals surface area contributed by atoms with Crippen molar-refractivity contribution in [2.75, 3.05) is 19.7 Å². The van der Waals surface area contributed by atoms with Crippen molar-refractivity contribution >= 4 is 22.0 Å². The fraction of sp³-hybridized carbons (Fsp3) is 0.217. The van der Waals surface area contributed by atoms with Crippen LogP contribution in [0.3, 0.4) is 0 Å². The highest BCUT2D eigenvalue weighted by molar-refractivity contribution is 9.10. The van der Waals surface area contributed by atoms with E-state index in [1.165, 1.54) is 22.3 Å². The minimum Gasteiger partial charge on any atom is -0.448 e. The van der Waals surface area contributed by atoms with E-state index in [9.17, 15) is 4.79 Å². The molecule has 3 aromatic rings. The molecule has 2 aromatic carbocycles. The van der Waals surface area contributed by atoms with E-state index < -0.39 is 0 Å². The molecule has 0 spiro atoms. The molecular formula is C23H19BrN2O2. The minimum atomic E-state index is -0.233. The number of nitrogens with zero attached hydrogens (tertiary/aromatic N) is 2. The molecule has 0 bridgehead atoms. The van der Waals surface area contributed by atoms with Gasteiger partial charge in [-0.05, 0) is 49.8 Å². The first-order valence-corrected chi connectivity index (χ1v) is 10.2. The molecule has 1 amide bonds. The third-order valence-corrected chi connectivity index (χ3v) is 6.17. The molecule has 5 heteroatoms. The van der Waals surface area contributed by atoms with Gasteiger partial charge in [0.1, 0.15) is 11.2 Å². The third kappa shape index (κ3) is 3.00. The van der Waals surface area contributed by atoms with Gasteiger partial charge in [0, 0.05) is 31.1 Å².